The van der Waals surface area contributed by atoms with Crippen molar-refractivity contribution in [1.82, 2.24) is 5.32 Å². The lowest BCUT2D eigenvalue weighted by molar-refractivity contribution is -0.156. The van der Waals surface area contributed by atoms with Crippen LogP contribution in [0.2, 0.25) is 0 Å². The van der Waals surface area contributed by atoms with Crippen LogP contribution in [0.25, 0.3) is 0 Å². The quantitative estimate of drug-likeness (QED) is 0.616. The monoisotopic (exact) mass is 433 g/mol. The van der Waals surface area contributed by atoms with E-state index in [9.17, 15) is 22.8 Å². The fourth-order valence-electron chi connectivity index (χ4n) is 2.57. The van der Waals surface area contributed by atoms with Crippen molar-refractivity contribution < 1.29 is 37.0 Å². The smallest absolute Gasteiger partial charge is 0.416 e. The van der Waals surface area contributed by atoms with Crippen LogP contribution in [0, 0.1) is 5.92 Å². The molecular weight excluding hydrogens is 403 g/mol. The summed E-state index contributed by atoms with van der Waals surface area (Å²) in [7, 11) is 0. The number of esters is 1. The first-order chi connectivity index (χ1) is 13.6. The number of amides is 1. The third kappa shape index (κ3) is 8.51. The number of halogens is 3. The van der Waals surface area contributed by atoms with Crippen molar-refractivity contribution in [2.45, 2.75) is 78.5 Å². The van der Waals surface area contributed by atoms with Gasteiger partial charge in [0.05, 0.1) is 5.56 Å². The molecule has 0 heterocycles. The van der Waals surface area contributed by atoms with E-state index in [1.54, 1.807) is 41.5 Å². The Bertz CT molecular complexity index is 728. The maximum atomic E-state index is 12.9. The highest BCUT2D eigenvalue weighted by molar-refractivity contribution is 5.81. The van der Waals surface area contributed by atoms with Gasteiger partial charge in [-0.1, -0.05) is 19.9 Å². The van der Waals surface area contributed by atoms with E-state index in [1.807, 2.05) is 0 Å². The maximum absolute atomic E-state index is 12.9. The maximum Gasteiger partial charge on any atom is 0.416 e. The van der Waals surface area contributed by atoms with Crippen LogP contribution >= 0.6 is 0 Å². The fraction of sp³-hybridized carbons (Fsp3) is 0.619. The van der Waals surface area contributed by atoms with Gasteiger partial charge in [0, 0.05) is 0 Å². The molecule has 0 spiro atoms. The summed E-state index contributed by atoms with van der Waals surface area (Å²) < 4.78 is 54.9. The number of rotatable bonds is 7. The third-order valence-corrected chi connectivity index (χ3v) is 3.94. The predicted octanol–water partition coefficient (Wildman–Crippen LogP) is 4.95. The van der Waals surface area contributed by atoms with E-state index >= 15 is 0 Å². The standard InChI is InChI=1S/C21H30F3NO5/c1-12(2)17(29-16-10-8-9-15(11-16)21(22,23)24)14(4)28-18(26)13(3)25-19(27)30-20(5,6)7/h8-14,17H,1-7H3,(H,25,27)/t13-,14-,17-/m0/s1. The Morgan fingerprint density at radius 1 is 1.03 bits per heavy atom. The van der Waals surface area contributed by atoms with Crippen molar-refractivity contribution in [3.8, 4) is 5.75 Å². The van der Waals surface area contributed by atoms with Crippen molar-refractivity contribution >= 4 is 12.1 Å². The van der Waals surface area contributed by atoms with Gasteiger partial charge >= 0.3 is 18.2 Å². The molecule has 30 heavy (non-hydrogen) atoms. The number of hydrogen-bond donors (Lipinski definition) is 1. The lowest BCUT2D eigenvalue weighted by Gasteiger charge is -2.29. The zero-order valence-corrected chi connectivity index (χ0v) is 18.3. The molecule has 0 aliphatic rings. The van der Waals surface area contributed by atoms with Crippen LogP contribution in [-0.4, -0.2) is 35.9 Å². The lowest BCUT2D eigenvalue weighted by atomic mass is 10.0. The second-order valence-electron chi connectivity index (χ2n) is 8.36. The van der Waals surface area contributed by atoms with Gasteiger partial charge in [0.25, 0.3) is 0 Å². The minimum absolute atomic E-state index is 0.0198. The Kier molecular flexibility index (Phi) is 8.56. The molecule has 3 atom stereocenters. The van der Waals surface area contributed by atoms with Crippen LogP contribution in [0.3, 0.4) is 0 Å². The molecule has 0 saturated heterocycles. The van der Waals surface area contributed by atoms with Crippen molar-refractivity contribution in [3.05, 3.63) is 29.8 Å². The number of carbonyl (C=O) groups excluding carboxylic acids is 2. The average molecular weight is 433 g/mol. The van der Waals surface area contributed by atoms with E-state index in [1.165, 1.54) is 19.1 Å². The Hall–Kier alpha value is -2.45. The normalized spacial score (nSPS) is 15.2. The van der Waals surface area contributed by atoms with Crippen LogP contribution in [0.4, 0.5) is 18.0 Å². The molecule has 1 amide bonds. The molecule has 0 aliphatic carbocycles. The molecule has 1 aromatic rings. The van der Waals surface area contributed by atoms with Crippen LogP contribution < -0.4 is 10.1 Å². The van der Waals surface area contributed by atoms with Gasteiger partial charge in [-0.3, -0.25) is 0 Å². The summed E-state index contributed by atoms with van der Waals surface area (Å²) in [5.41, 5.74) is -1.55. The van der Waals surface area contributed by atoms with E-state index in [4.69, 9.17) is 14.2 Å². The van der Waals surface area contributed by atoms with E-state index in [-0.39, 0.29) is 11.7 Å². The number of alkyl carbamates (subject to hydrolysis) is 1. The molecule has 0 aliphatic heterocycles. The zero-order chi connectivity index (χ0) is 23.3. The Balaban J connectivity index is 2.79. The van der Waals surface area contributed by atoms with E-state index in [2.05, 4.69) is 5.32 Å². The summed E-state index contributed by atoms with van der Waals surface area (Å²) in [6.07, 6.45) is -6.74. The predicted molar refractivity (Wildman–Crippen MR) is 105 cm³/mol. The highest BCUT2D eigenvalue weighted by atomic mass is 19.4. The number of benzene rings is 1. The highest BCUT2D eigenvalue weighted by Gasteiger charge is 2.32. The largest absolute Gasteiger partial charge is 0.486 e. The number of ether oxygens (including phenoxy) is 3. The summed E-state index contributed by atoms with van der Waals surface area (Å²) in [6, 6.07) is 3.52. The molecule has 0 saturated carbocycles. The summed E-state index contributed by atoms with van der Waals surface area (Å²) in [5.74, 6) is -0.866. The first-order valence-corrected chi connectivity index (χ1v) is 9.64. The van der Waals surface area contributed by atoms with Crippen LogP contribution in [-0.2, 0) is 20.4 Å². The first-order valence-electron chi connectivity index (χ1n) is 9.64. The van der Waals surface area contributed by atoms with Gasteiger partial charge in [0.1, 0.15) is 29.6 Å². The summed E-state index contributed by atoms with van der Waals surface area (Å²) >= 11 is 0. The third-order valence-electron chi connectivity index (χ3n) is 3.94. The fourth-order valence-corrected chi connectivity index (χ4v) is 2.57. The van der Waals surface area contributed by atoms with Gasteiger partial charge in [-0.05, 0) is 58.7 Å². The average Bonchev–Trinajstić information content (AvgIpc) is 2.56. The summed E-state index contributed by atoms with van der Waals surface area (Å²) in [5, 5.41) is 2.38. The minimum atomic E-state index is -4.49. The SMILES string of the molecule is CC(C)[C@H](Oc1cccc(C(F)(F)F)c1)[C@H](C)OC(=O)[C@H](C)NC(=O)OC(C)(C)C. The Morgan fingerprint density at radius 2 is 1.63 bits per heavy atom. The topological polar surface area (TPSA) is 73.9 Å². The summed E-state index contributed by atoms with van der Waals surface area (Å²) in [6.45, 7) is 11.7. The molecule has 0 bridgehead atoms. The minimum Gasteiger partial charge on any atom is -0.486 e. The Morgan fingerprint density at radius 3 is 2.13 bits per heavy atom. The second kappa shape index (κ2) is 10.0. The molecular formula is C21H30F3NO5. The number of hydrogen-bond acceptors (Lipinski definition) is 5. The molecule has 6 nitrogen and oxygen atoms in total. The van der Waals surface area contributed by atoms with E-state index in [0.717, 1.165) is 12.1 Å². The second-order valence-corrected chi connectivity index (χ2v) is 8.36. The number of alkyl halides is 3. The molecule has 0 aromatic heterocycles. The molecule has 9 heteroatoms. The molecule has 1 aromatic carbocycles. The van der Waals surface area contributed by atoms with Gasteiger partial charge in [0.2, 0.25) is 0 Å². The van der Waals surface area contributed by atoms with Crippen molar-refractivity contribution in [2.75, 3.05) is 0 Å². The van der Waals surface area contributed by atoms with Crippen LogP contribution in [0.5, 0.6) is 5.75 Å². The van der Waals surface area contributed by atoms with Crippen LogP contribution in [0.1, 0.15) is 54.0 Å². The highest BCUT2D eigenvalue weighted by Crippen LogP contribution is 2.32. The summed E-state index contributed by atoms with van der Waals surface area (Å²) in [4.78, 5) is 24.1. The first kappa shape index (κ1) is 25.6. The molecule has 0 unspecified atom stereocenters. The van der Waals surface area contributed by atoms with Crippen LogP contribution in [0.15, 0.2) is 24.3 Å². The van der Waals surface area contributed by atoms with Gasteiger partial charge in [-0.2, -0.15) is 13.2 Å². The molecule has 1 rings (SSSR count). The van der Waals surface area contributed by atoms with Crippen molar-refractivity contribution in [1.29, 1.82) is 0 Å². The van der Waals surface area contributed by atoms with E-state index in [0.29, 0.717) is 0 Å². The number of nitrogens with one attached hydrogen (secondary N) is 1. The van der Waals surface area contributed by atoms with Gasteiger partial charge < -0.3 is 19.5 Å². The Labute approximate surface area is 175 Å². The molecule has 0 fully saturated rings. The lowest BCUT2D eigenvalue weighted by Crippen LogP contribution is -2.45. The molecule has 1 N–H and O–H groups in total. The van der Waals surface area contributed by atoms with Gasteiger partial charge in [-0.25, -0.2) is 9.59 Å². The number of carbonyl (C=O) groups is 2. The van der Waals surface area contributed by atoms with Gasteiger partial charge in [-0.15, -0.1) is 0 Å². The molecule has 170 valence electrons. The van der Waals surface area contributed by atoms with Crippen molar-refractivity contribution in [3.63, 3.8) is 0 Å². The molecule has 0 radical (unpaired) electrons. The van der Waals surface area contributed by atoms with Crippen molar-refractivity contribution in [2.24, 2.45) is 5.92 Å². The van der Waals surface area contributed by atoms with E-state index < -0.39 is 47.7 Å². The van der Waals surface area contributed by atoms with Gasteiger partial charge in [0.15, 0.2) is 0 Å². The zero-order valence-electron chi connectivity index (χ0n) is 18.3.